The quantitative estimate of drug-likeness (QED) is 0.741. The topological polar surface area (TPSA) is 69.9 Å². The van der Waals surface area contributed by atoms with Gasteiger partial charge in [0, 0.05) is 42.0 Å². The van der Waals surface area contributed by atoms with Gasteiger partial charge in [0.1, 0.15) is 6.04 Å². The smallest absolute Gasteiger partial charge is 0.255 e. The zero-order valence-electron chi connectivity index (χ0n) is 16.9. The molecular formula is C23H30N4O2. The fraction of sp³-hybridized carbons (Fsp3) is 0.652. The molecule has 2 amide bonds. The van der Waals surface area contributed by atoms with Crippen LogP contribution in [0.15, 0.2) is 18.2 Å². The van der Waals surface area contributed by atoms with Crippen LogP contribution in [-0.2, 0) is 11.3 Å². The SMILES string of the molecule is Nc1cccc2c1CN(C1CC[C@@H]3[C@H]4CCCN5CCC[C@@H](CN3C1=O)[C@@H]45)C2=O. The maximum absolute atomic E-state index is 13.7. The van der Waals surface area contributed by atoms with Crippen LogP contribution in [0.1, 0.15) is 54.4 Å². The van der Waals surface area contributed by atoms with Gasteiger partial charge in [-0.15, -0.1) is 0 Å². The summed E-state index contributed by atoms with van der Waals surface area (Å²) in [6.45, 7) is 3.83. The number of nitrogens with two attached hydrogens (primary N) is 1. The molecule has 4 saturated heterocycles. The average molecular weight is 395 g/mol. The minimum absolute atomic E-state index is 0.0273. The van der Waals surface area contributed by atoms with Crippen molar-refractivity contribution in [2.45, 2.75) is 63.2 Å². The molecule has 2 N–H and O–H groups in total. The van der Waals surface area contributed by atoms with Gasteiger partial charge in [-0.1, -0.05) is 6.07 Å². The minimum Gasteiger partial charge on any atom is -0.398 e. The van der Waals surface area contributed by atoms with Gasteiger partial charge in [-0.2, -0.15) is 0 Å². The summed E-state index contributed by atoms with van der Waals surface area (Å²) in [5.74, 6) is 1.38. The lowest BCUT2D eigenvalue weighted by Crippen LogP contribution is -2.69. The number of piperidine rings is 4. The monoisotopic (exact) mass is 394 g/mol. The van der Waals surface area contributed by atoms with E-state index in [2.05, 4.69) is 9.80 Å². The summed E-state index contributed by atoms with van der Waals surface area (Å²) in [5, 5.41) is 0. The number of nitrogen functional groups attached to an aromatic ring is 1. The Morgan fingerprint density at radius 3 is 2.62 bits per heavy atom. The number of carbonyl (C=O) groups is 2. The fourth-order valence-electron chi connectivity index (χ4n) is 7.18. The summed E-state index contributed by atoms with van der Waals surface area (Å²) in [6, 6.07) is 6.24. The van der Waals surface area contributed by atoms with Crippen molar-refractivity contribution in [1.29, 1.82) is 0 Å². The first-order chi connectivity index (χ1) is 14.1. The molecule has 6 rings (SSSR count). The van der Waals surface area contributed by atoms with Gasteiger partial charge < -0.3 is 15.5 Å². The van der Waals surface area contributed by atoms with Gasteiger partial charge in [0.25, 0.3) is 5.91 Å². The average Bonchev–Trinajstić information content (AvgIpc) is 3.07. The van der Waals surface area contributed by atoms with E-state index in [0.29, 0.717) is 41.7 Å². The molecule has 5 heterocycles. The molecule has 4 fully saturated rings. The first-order valence-corrected chi connectivity index (χ1v) is 11.4. The van der Waals surface area contributed by atoms with Gasteiger partial charge in [-0.05, 0) is 75.6 Å². The number of benzene rings is 1. The lowest BCUT2D eigenvalue weighted by Gasteiger charge is -2.59. The Morgan fingerprint density at radius 1 is 0.966 bits per heavy atom. The van der Waals surface area contributed by atoms with E-state index in [1.54, 1.807) is 4.90 Å². The summed E-state index contributed by atoms with van der Waals surface area (Å²) >= 11 is 0. The van der Waals surface area contributed by atoms with E-state index in [1.807, 2.05) is 18.2 Å². The number of anilines is 1. The molecule has 154 valence electrons. The van der Waals surface area contributed by atoms with E-state index in [4.69, 9.17) is 5.73 Å². The van der Waals surface area contributed by atoms with Crippen LogP contribution in [0.5, 0.6) is 0 Å². The van der Waals surface area contributed by atoms with Crippen molar-refractivity contribution < 1.29 is 9.59 Å². The van der Waals surface area contributed by atoms with Gasteiger partial charge in [0.05, 0.1) is 0 Å². The lowest BCUT2D eigenvalue weighted by atomic mass is 9.67. The number of fused-ring (bicyclic) bond motifs is 3. The van der Waals surface area contributed by atoms with Crippen molar-refractivity contribution >= 4 is 17.5 Å². The molecule has 6 nitrogen and oxygen atoms in total. The Kier molecular flexibility index (Phi) is 3.95. The molecule has 0 saturated carbocycles. The van der Waals surface area contributed by atoms with Gasteiger partial charge in [-0.3, -0.25) is 14.5 Å². The van der Waals surface area contributed by atoms with Crippen molar-refractivity contribution in [2.24, 2.45) is 11.8 Å². The third kappa shape index (κ3) is 2.51. The van der Waals surface area contributed by atoms with Crippen LogP contribution in [0.2, 0.25) is 0 Å². The molecule has 1 aromatic carbocycles. The van der Waals surface area contributed by atoms with E-state index < -0.39 is 0 Å². The second kappa shape index (κ2) is 6.46. The molecule has 5 aliphatic heterocycles. The molecule has 29 heavy (non-hydrogen) atoms. The van der Waals surface area contributed by atoms with Crippen LogP contribution in [0.4, 0.5) is 5.69 Å². The number of rotatable bonds is 1. The van der Waals surface area contributed by atoms with Crippen molar-refractivity contribution in [3.63, 3.8) is 0 Å². The van der Waals surface area contributed by atoms with E-state index in [0.717, 1.165) is 24.9 Å². The third-order valence-corrected chi connectivity index (χ3v) is 8.38. The summed E-state index contributed by atoms with van der Waals surface area (Å²) in [4.78, 5) is 33.4. The Labute approximate surface area is 172 Å². The van der Waals surface area contributed by atoms with E-state index in [-0.39, 0.29) is 17.9 Å². The largest absolute Gasteiger partial charge is 0.398 e. The second-order valence-electron chi connectivity index (χ2n) is 9.69. The normalized spacial score (nSPS) is 36.6. The molecule has 0 aliphatic carbocycles. The molecule has 1 unspecified atom stereocenters. The highest BCUT2D eigenvalue weighted by Gasteiger charge is 2.53. The van der Waals surface area contributed by atoms with Gasteiger partial charge in [0.2, 0.25) is 5.91 Å². The molecule has 0 radical (unpaired) electrons. The summed E-state index contributed by atoms with van der Waals surface area (Å²) < 4.78 is 0. The maximum Gasteiger partial charge on any atom is 0.255 e. The molecule has 0 bridgehead atoms. The molecule has 0 aromatic heterocycles. The number of hydrogen-bond donors (Lipinski definition) is 1. The van der Waals surface area contributed by atoms with Gasteiger partial charge >= 0.3 is 0 Å². The summed E-state index contributed by atoms with van der Waals surface area (Å²) in [6.07, 6.45) is 6.81. The van der Waals surface area contributed by atoms with E-state index in [1.165, 1.54) is 38.8 Å². The Balaban J connectivity index is 1.27. The zero-order valence-corrected chi connectivity index (χ0v) is 16.9. The van der Waals surface area contributed by atoms with E-state index >= 15 is 0 Å². The molecule has 1 aromatic rings. The minimum atomic E-state index is -0.328. The van der Waals surface area contributed by atoms with Crippen molar-refractivity contribution in [1.82, 2.24) is 14.7 Å². The Bertz CT molecular complexity index is 868. The van der Waals surface area contributed by atoms with Crippen LogP contribution in [0.3, 0.4) is 0 Å². The number of amides is 2. The van der Waals surface area contributed by atoms with Crippen LogP contribution in [0.25, 0.3) is 0 Å². The van der Waals surface area contributed by atoms with Crippen LogP contribution in [0, 0.1) is 11.8 Å². The predicted molar refractivity (Wildman–Crippen MR) is 110 cm³/mol. The first-order valence-electron chi connectivity index (χ1n) is 11.4. The standard InChI is InChI=1S/C23H30N4O2/c24-18-7-1-5-15-17(18)13-27(22(15)28)20-9-8-19-16-6-3-11-25-10-2-4-14(21(16)25)12-26(19)23(20)29/h1,5,7,14,16,19-21H,2-4,6,8-13,24H2/t14-,16+,19+,20?,21-/m0/s1. The molecular weight excluding hydrogens is 364 g/mol. The highest BCUT2D eigenvalue weighted by molar-refractivity contribution is 6.02. The molecule has 5 aliphatic rings. The number of carbonyl (C=O) groups excluding carboxylic acids is 2. The maximum atomic E-state index is 13.7. The molecule has 0 spiro atoms. The van der Waals surface area contributed by atoms with Crippen molar-refractivity contribution in [2.75, 3.05) is 25.4 Å². The lowest BCUT2D eigenvalue weighted by molar-refractivity contribution is -0.157. The third-order valence-electron chi connectivity index (χ3n) is 8.38. The first kappa shape index (κ1) is 17.8. The van der Waals surface area contributed by atoms with Crippen LogP contribution < -0.4 is 5.73 Å². The van der Waals surface area contributed by atoms with Crippen molar-refractivity contribution in [3.8, 4) is 0 Å². The van der Waals surface area contributed by atoms with Gasteiger partial charge in [-0.25, -0.2) is 0 Å². The Morgan fingerprint density at radius 2 is 1.79 bits per heavy atom. The highest BCUT2D eigenvalue weighted by Crippen LogP contribution is 2.45. The second-order valence-corrected chi connectivity index (χ2v) is 9.69. The van der Waals surface area contributed by atoms with E-state index in [9.17, 15) is 9.59 Å². The summed E-state index contributed by atoms with van der Waals surface area (Å²) in [5.41, 5.74) is 8.34. The van der Waals surface area contributed by atoms with Gasteiger partial charge in [0.15, 0.2) is 0 Å². The summed E-state index contributed by atoms with van der Waals surface area (Å²) in [7, 11) is 0. The predicted octanol–water partition coefficient (Wildman–Crippen LogP) is 2.09. The van der Waals surface area contributed by atoms with Crippen LogP contribution in [-0.4, -0.2) is 64.3 Å². The van der Waals surface area contributed by atoms with Crippen molar-refractivity contribution in [3.05, 3.63) is 29.3 Å². The fourth-order valence-corrected chi connectivity index (χ4v) is 7.18. The van der Waals surface area contributed by atoms with Crippen LogP contribution >= 0.6 is 0 Å². The highest BCUT2D eigenvalue weighted by atomic mass is 16.2. The molecule has 6 heteroatoms. The number of hydrogen-bond acceptors (Lipinski definition) is 4. The number of nitrogens with zero attached hydrogens (tertiary/aromatic N) is 3. The molecule has 5 atom stereocenters. The zero-order chi connectivity index (χ0) is 19.7. The Hall–Kier alpha value is -2.08.